The van der Waals surface area contributed by atoms with Crippen LogP contribution in [0.3, 0.4) is 0 Å². The molecule has 0 aromatic heterocycles. The van der Waals surface area contributed by atoms with E-state index in [9.17, 15) is 10.1 Å². The van der Waals surface area contributed by atoms with Gasteiger partial charge in [0.25, 0.3) is 0 Å². The van der Waals surface area contributed by atoms with E-state index in [0.717, 1.165) is 12.8 Å². The van der Waals surface area contributed by atoms with Gasteiger partial charge in [-0.25, -0.2) is 0 Å². The maximum absolute atomic E-state index is 10.1. The van der Waals surface area contributed by atoms with Gasteiger partial charge in [-0.3, -0.25) is 10.1 Å². The molecule has 0 aromatic carbocycles. The van der Waals surface area contributed by atoms with Gasteiger partial charge < -0.3 is 0 Å². The second-order valence-electron chi connectivity index (χ2n) is 3.51. The Hall–Kier alpha value is -0.600. The maximum atomic E-state index is 10.1. The molecule has 0 N–H and O–H groups in total. The van der Waals surface area contributed by atoms with Crippen LogP contribution in [0.15, 0.2) is 0 Å². The largest absolute Gasteiger partial charge is 0.264 e. The molecular weight excluding hydrogens is 118 g/mol. The van der Waals surface area contributed by atoms with Crippen LogP contribution >= 0.6 is 0 Å². The van der Waals surface area contributed by atoms with Crippen LogP contribution in [0.2, 0.25) is 0 Å². The molecule has 3 heteroatoms. The van der Waals surface area contributed by atoms with Gasteiger partial charge in [-0.2, -0.15) is 0 Å². The normalized spacial score (nSPS) is 25.1. The molecule has 0 bridgehead atoms. The Bertz CT molecular complexity index is 134. The molecular formula is C6H11NO2. The molecule has 1 aliphatic carbocycles. The number of nitrogens with zero attached hydrogens (tertiary/aromatic N) is 1. The van der Waals surface area contributed by atoms with Gasteiger partial charge in [0.1, 0.15) is 0 Å². The van der Waals surface area contributed by atoms with Crippen molar-refractivity contribution in [3.63, 3.8) is 0 Å². The predicted molar refractivity (Wildman–Crippen MR) is 33.8 cm³/mol. The third kappa shape index (κ3) is 1.20. The summed E-state index contributed by atoms with van der Waals surface area (Å²) in [5.74, 6) is 0. The lowest BCUT2D eigenvalue weighted by Gasteiger charge is -2.36. The van der Waals surface area contributed by atoms with Crippen LogP contribution in [0.25, 0.3) is 0 Å². The molecule has 0 unspecified atom stereocenters. The molecule has 0 aliphatic heterocycles. The molecule has 1 aliphatic rings. The van der Waals surface area contributed by atoms with Gasteiger partial charge in [-0.1, -0.05) is 13.8 Å². The zero-order chi connectivity index (χ0) is 7.07. The predicted octanol–water partition coefficient (Wildman–Crippen LogP) is 1.45. The van der Waals surface area contributed by atoms with Crippen LogP contribution < -0.4 is 0 Å². The van der Waals surface area contributed by atoms with Crippen molar-refractivity contribution < 1.29 is 4.92 Å². The first-order valence-corrected chi connectivity index (χ1v) is 3.15. The van der Waals surface area contributed by atoms with Gasteiger partial charge >= 0.3 is 0 Å². The summed E-state index contributed by atoms with van der Waals surface area (Å²) in [5.41, 5.74) is 0.234. The molecule has 1 rings (SSSR count). The van der Waals surface area contributed by atoms with E-state index >= 15 is 0 Å². The first-order chi connectivity index (χ1) is 4.01. The summed E-state index contributed by atoms with van der Waals surface area (Å²) in [6.07, 6.45) is 1.50. The molecule has 1 fully saturated rings. The van der Waals surface area contributed by atoms with Crippen molar-refractivity contribution in [2.75, 3.05) is 0 Å². The Morgan fingerprint density at radius 2 is 2.00 bits per heavy atom. The van der Waals surface area contributed by atoms with Crippen LogP contribution in [0.5, 0.6) is 0 Å². The van der Waals surface area contributed by atoms with E-state index in [1.165, 1.54) is 0 Å². The van der Waals surface area contributed by atoms with Gasteiger partial charge in [0.15, 0.2) is 0 Å². The Morgan fingerprint density at radius 1 is 1.56 bits per heavy atom. The topological polar surface area (TPSA) is 43.1 Å². The van der Waals surface area contributed by atoms with E-state index in [1.54, 1.807) is 0 Å². The van der Waals surface area contributed by atoms with Crippen LogP contribution in [0, 0.1) is 15.5 Å². The summed E-state index contributed by atoms with van der Waals surface area (Å²) in [5, 5.41) is 10.1. The average molecular weight is 129 g/mol. The lowest BCUT2D eigenvalue weighted by atomic mass is 9.69. The summed E-state index contributed by atoms with van der Waals surface area (Å²) in [7, 11) is 0. The highest BCUT2D eigenvalue weighted by molar-refractivity contribution is 4.86. The van der Waals surface area contributed by atoms with Gasteiger partial charge in [0.05, 0.1) is 0 Å². The Morgan fingerprint density at radius 3 is 2.11 bits per heavy atom. The first kappa shape index (κ1) is 6.52. The summed E-state index contributed by atoms with van der Waals surface area (Å²) in [6.45, 7) is 4.12. The van der Waals surface area contributed by atoms with Gasteiger partial charge in [-0.05, 0) is 5.41 Å². The zero-order valence-electron chi connectivity index (χ0n) is 5.76. The fourth-order valence-corrected chi connectivity index (χ4v) is 1.37. The van der Waals surface area contributed by atoms with Crippen LogP contribution in [0.1, 0.15) is 26.7 Å². The van der Waals surface area contributed by atoms with E-state index in [1.807, 2.05) is 0 Å². The van der Waals surface area contributed by atoms with Crippen molar-refractivity contribution in [3.8, 4) is 0 Å². The minimum Gasteiger partial charge on any atom is -0.264 e. The van der Waals surface area contributed by atoms with E-state index in [-0.39, 0.29) is 16.4 Å². The van der Waals surface area contributed by atoms with Gasteiger partial charge in [-0.15, -0.1) is 0 Å². The van der Waals surface area contributed by atoms with E-state index in [2.05, 4.69) is 13.8 Å². The molecule has 0 spiro atoms. The third-order valence-corrected chi connectivity index (χ3v) is 1.87. The summed E-state index contributed by atoms with van der Waals surface area (Å²) < 4.78 is 0. The highest BCUT2D eigenvalue weighted by atomic mass is 16.6. The van der Waals surface area contributed by atoms with E-state index < -0.39 is 0 Å². The second-order valence-corrected chi connectivity index (χ2v) is 3.51. The van der Waals surface area contributed by atoms with Crippen molar-refractivity contribution >= 4 is 0 Å². The minimum absolute atomic E-state index is 0.175. The van der Waals surface area contributed by atoms with Crippen molar-refractivity contribution in [1.29, 1.82) is 0 Å². The maximum Gasteiger partial charge on any atom is 0.214 e. The van der Waals surface area contributed by atoms with Gasteiger partial charge in [0.2, 0.25) is 6.04 Å². The highest BCUT2D eigenvalue weighted by Crippen LogP contribution is 2.41. The van der Waals surface area contributed by atoms with E-state index in [0.29, 0.717) is 0 Å². The standard InChI is InChI=1S/C6H11NO2/c1-6(2)3-5(4-6)7(8)9/h5H,3-4H2,1-2H3. The summed E-state index contributed by atoms with van der Waals surface area (Å²) >= 11 is 0. The van der Waals surface area contributed by atoms with Crippen LogP contribution in [-0.4, -0.2) is 11.0 Å². The van der Waals surface area contributed by atoms with Crippen LogP contribution in [-0.2, 0) is 0 Å². The number of nitro groups is 1. The van der Waals surface area contributed by atoms with Crippen molar-refractivity contribution in [2.24, 2.45) is 5.41 Å². The average Bonchev–Trinajstić information content (AvgIpc) is 1.59. The van der Waals surface area contributed by atoms with E-state index in [4.69, 9.17) is 0 Å². The van der Waals surface area contributed by atoms with Gasteiger partial charge in [0, 0.05) is 17.8 Å². The molecule has 9 heavy (non-hydrogen) atoms. The number of hydrogen-bond acceptors (Lipinski definition) is 2. The fourth-order valence-electron chi connectivity index (χ4n) is 1.37. The van der Waals surface area contributed by atoms with Crippen molar-refractivity contribution in [2.45, 2.75) is 32.7 Å². The number of rotatable bonds is 1. The zero-order valence-corrected chi connectivity index (χ0v) is 5.76. The molecule has 0 amide bonds. The van der Waals surface area contributed by atoms with Crippen molar-refractivity contribution in [3.05, 3.63) is 10.1 Å². The Balaban J connectivity index is 2.35. The second kappa shape index (κ2) is 1.69. The number of hydrogen-bond donors (Lipinski definition) is 0. The highest BCUT2D eigenvalue weighted by Gasteiger charge is 2.43. The quantitative estimate of drug-likeness (QED) is 0.397. The third-order valence-electron chi connectivity index (χ3n) is 1.87. The Kier molecular flexibility index (Phi) is 1.22. The molecule has 0 radical (unpaired) electrons. The molecule has 0 heterocycles. The molecule has 0 saturated heterocycles. The lowest BCUT2D eigenvalue weighted by molar-refractivity contribution is -0.545. The minimum atomic E-state index is -0.250. The lowest BCUT2D eigenvalue weighted by Crippen LogP contribution is -2.41. The summed E-state index contributed by atoms with van der Waals surface area (Å²) in [6, 6.07) is -0.250. The molecule has 1 saturated carbocycles. The first-order valence-electron chi connectivity index (χ1n) is 3.15. The smallest absolute Gasteiger partial charge is 0.214 e. The fraction of sp³-hybridized carbons (Fsp3) is 1.00. The Labute approximate surface area is 54.2 Å². The molecule has 0 aromatic rings. The SMILES string of the molecule is CC1(C)CC([N+](=O)[O-])C1. The monoisotopic (exact) mass is 129 g/mol. The summed E-state index contributed by atoms with van der Waals surface area (Å²) in [4.78, 5) is 9.90. The molecule has 3 nitrogen and oxygen atoms in total. The van der Waals surface area contributed by atoms with Crippen LogP contribution in [0.4, 0.5) is 0 Å². The molecule has 0 atom stereocenters. The van der Waals surface area contributed by atoms with Crippen molar-refractivity contribution in [1.82, 2.24) is 0 Å². The molecule has 52 valence electrons.